The van der Waals surface area contributed by atoms with E-state index in [1.165, 1.54) is 12.4 Å². The number of aromatic nitrogens is 2. The van der Waals surface area contributed by atoms with Crippen molar-refractivity contribution in [2.75, 3.05) is 31.1 Å². The number of fused-ring (bicyclic) bond motifs is 1. The molecule has 1 aliphatic rings. The van der Waals surface area contributed by atoms with Crippen molar-refractivity contribution in [2.45, 2.75) is 24.7 Å². The van der Waals surface area contributed by atoms with Gasteiger partial charge in [0.1, 0.15) is 0 Å². The first kappa shape index (κ1) is 22.2. The molecule has 32 heavy (non-hydrogen) atoms. The van der Waals surface area contributed by atoms with Crippen molar-refractivity contribution < 1.29 is 17.9 Å². The quantitative estimate of drug-likeness (QED) is 0.548. The highest BCUT2D eigenvalue weighted by atomic mass is 32.2. The van der Waals surface area contributed by atoms with Crippen LogP contribution in [-0.4, -0.2) is 50.6 Å². The number of ether oxygens (including phenoxy) is 1. The third-order valence-electron chi connectivity index (χ3n) is 5.54. The summed E-state index contributed by atoms with van der Waals surface area (Å²) in [6, 6.07) is 12.8. The minimum atomic E-state index is -3.61. The highest BCUT2D eigenvalue weighted by Gasteiger charge is 2.24. The number of carbonyl (C=O) groups excluding carboxylic acids is 1. The Morgan fingerprint density at radius 2 is 1.91 bits per heavy atom. The van der Waals surface area contributed by atoms with E-state index in [1.807, 2.05) is 35.2 Å². The second-order valence-electron chi connectivity index (χ2n) is 7.81. The van der Waals surface area contributed by atoms with Crippen molar-refractivity contribution in [3.8, 4) is 0 Å². The molecule has 2 heterocycles. The van der Waals surface area contributed by atoms with Crippen LogP contribution in [-0.2, 0) is 14.8 Å². The third-order valence-corrected chi connectivity index (χ3v) is 6.97. The molecule has 0 bridgehead atoms. The Morgan fingerprint density at radius 1 is 1.16 bits per heavy atom. The van der Waals surface area contributed by atoms with Gasteiger partial charge in [-0.3, -0.25) is 0 Å². The van der Waals surface area contributed by atoms with Crippen molar-refractivity contribution in [3.05, 3.63) is 60.4 Å². The molecule has 0 radical (unpaired) electrons. The molecule has 1 N–H and O–H groups in total. The SMILES string of the molecule is CCOC(=O)c1cnc(N2CCCC(CNS(=O)(=O)c3ccc4ccccc4c3)C2)nc1. The lowest BCUT2D eigenvalue weighted by Crippen LogP contribution is -2.41. The molecule has 9 heteroatoms. The summed E-state index contributed by atoms with van der Waals surface area (Å²) < 4.78 is 33.4. The maximum absolute atomic E-state index is 12.8. The van der Waals surface area contributed by atoms with Gasteiger partial charge >= 0.3 is 5.97 Å². The van der Waals surface area contributed by atoms with E-state index in [0.29, 0.717) is 31.2 Å². The van der Waals surface area contributed by atoms with E-state index in [4.69, 9.17) is 4.74 Å². The van der Waals surface area contributed by atoms with Gasteiger partial charge in [0, 0.05) is 32.0 Å². The summed E-state index contributed by atoms with van der Waals surface area (Å²) in [7, 11) is -3.61. The van der Waals surface area contributed by atoms with E-state index >= 15 is 0 Å². The van der Waals surface area contributed by atoms with Gasteiger partial charge in [-0.2, -0.15) is 0 Å². The molecule has 1 unspecified atom stereocenters. The van der Waals surface area contributed by atoms with E-state index in [9.17, 15) is 13.2 Å². The fraction of sp³-hybridized carbons (Fsp3) is 0.348. The lowest BCUT2D eigenvalue weighted by atomic mass is 9.99. The Balaban J connectivity index is 1.38. The third kappa shape index (κ3) is 5.05. The molecule has 168 valence electrons. The molecule has 0 amide bonds. The topological polar surface area (TPSA) is 101 Å². The summed E-state index contributed by atoms with van der Waals surface area (Å²) in [5.74, 6) is 0.214. The number of nitrogens with zero attached hydrogens (tertiary/aromatic N) is 3. The maximum Gasteiger partial charge on any atom is 0.341 e. The molecule has 3 aromatic rings. The van der Waals surface area contributed by atoms with Crippen LogP contribution in [0.3, 0.4) is 0 Å². The van der Waals surface area contributed by atoms with Crippen LogP contribution in [0.5, 0.6) is 0 Å². The Bertz CT molecular complexity index is 1200. The molecule has 8 nitrogen and oxygen atoms in total. The van der Waals surface area contributed by atoms with Crippen LogP contribution in [0.25, 0.3) is 10.8 Å². The van der Waals surface area contributed by atoms with Crippen LogP contribution in [0.15, 0.2) is 59.8 Å². The zero-order chi connectivity index (χ0) is 22.6. The van der Waals surface area contributed by atoms with Crippen LogP contribution >= 0.6 is 0 Å². The second-order valence-corrected chi connectivity index (χ2v) is 9.57. The number of anilines is 1. The van der Waals surface area contributed by atoms with Crippen molar-refractivity contribution in [1.82, 2.24) is 14.7 Å². The summed E-state index contributed by atoms with van der Waals surface area (Å²) in [5, 5.41) is 1.89. The smallest absolute Gasteiger partial charge is 0.341 e. The van der Waals surface area contributed by atoms with Gasteiger partial charge in [0.15, 0.2) is 0 Å². The Hall–Kier alpha value is -3.04. The molecule has 1 aliphatic heterocycles. The monoisotopic (exact) mass is 454 g/mol. The second kappa shape index (κ2) is 9.62. The van der Waals surface area contributed by atoms with E-state index in [1.54, 1.807) is 19.1 Å². The lowest BCUT2D eigenvalue weighted by Gasteiger charge is -2.32. The average Bonchev–Trinajstić information content (AvgIpc) is 2.83. The first-order chi connectivity index (χ1) is 15.5. The zero-order valence-corrected chi connectivity index (χ0v) is 18.7. The first-order valence-corrected chi connectivity index (χ1v) is 12.2. The normalized spacial score (nSPS) is 16.8. The molecule has 1 aromatic heterocycles. The molecule has 0 aliphatic carbocycles. The predicted octanol–water partition coefficient (Wildman–Crippen LogP) is 3.00. The summed E-state index contributed by atoms with van der Waals surface area (Å²) in [6.45, 7) is 3.80. The minimum absolute atomic E-state index is 0.132. The summed E-state index contributed by atoms with van der Waals surface area (Å²) >= 11 is 0. The molecular formula is C23H26N4O4S. The maximum atomic E-state index is 12.8. The molecule has 1 fully saturated rings. The van der Waals surface area contributed by atoms with E-state index < -0.39 is 16.0 Å². The lowest BCUT2D eigenvalue weighted by molar-refractivity contribution is 0.0525. The van der Waals surface area contributed by atoms with Crippen LogP contribution in [0.4, 0.5) is 5.95 Å². The van der Waals surface area contributed by atoms with Gasteiger partial charge in [-0.1, -0.05) is 30.3 Å². The van der Waals surface area contributed by atoms with Gasteiger partial charge in [-0.05, 0) is 48.6 Å². The number of carbonyl (C=O) groups is 1. The largest absolute Gasteiger partial charge is 0.462 e. The van der Waals surface area contributed by atoms with Crippen molar-refractivity contribution >= 4 is 32.7 Å². The minimum Gasteiger partial charge on any atom is -0.462 e. The van der Waals surface area contributed by atoms with Gasteiger partial charge in [0.25, 0.3) is 0 Å². The summed E-state index contributed by atoms with van der Waals surface area (Å²) in [5.41, 5.74) is 0.312. The standard InChI is InChI=1S/C23H26N4O4S/c1-2-31-22(28)20-14-24-23(25-15-20)27-11-5-6-17(16-27)13-26-32(29,30)21-10-9-18-7-3-4-8-19(18)12-21/h3-4,7-10,12,14-15,17,26H,2,5-6,11,13,16H2,1H3. The average molecular weight is 455 g/mol. The molecule has 4 rings (SSSR count). The number of hydrogen-bond donors (Lipinski definition) is 1. The number of nitrogens with one attached hydrogen (secondary N) is 1. The fourth-order valence-corrected chi connectivity index (χ4v) is 5.01. The van der Waals surface area contributed by atoms with Gasteiger partial charge in [0.05, 0.1) is 17.1 Å². The van der Waals surface area contributed by atoms with Crippen LogP contribution in [0, 0.1) is 5.92 Å². The first-order valence-electron chi connectivity index (χ1n) is 10.7. The zero-order valence-electron chi connectivity index (χ0n) is 17.9. The molecular weight excluding hydrogens is 428 g/mol. The van der Waals surface area contributed by atoms with Crippen LogP contribution < -0.4 is 9.62 Å². The van der Waals surface area contributed by atoms with Crippen LogP contribution in [0.1, 0.15) is 30.1 Å². The van der Waals surface area contributed by atoms with E-state index in [0.717, 1.165) is 30.2 Å². The van der Waals surface area contributed by atoms with E-state index in [2.05, 4.69) is 14.7 Å². The highest BCUT2D eigenvalue weighted by Crippen LogP contribution is 2.22. The predicted molar refractivity (Wildman–Crippen MR) is 122 cm³/mol. The molecule has 1 saturated heterocycles. The van der Waals surface area contributed by atoms with Crippen molar-refractivity contribution in [2.24, 2.45) is 5.92 Å². The Kier molecular flexibility index (Phi) is 6.66. The Labute approximate surface area is 187 Å². The number of piperidine rings is 1. The highest BCUT2D eigenvalue weighted by molar-refractivity contribution is 7.89. The number of rotatable bonds is 7. The molecule has 2 aromatic carbocycles. The number of esters is 1. The van der Waals surface area contributed by atoms with Crippen LogP contribution in [0.2, 0.25) is 0 Å². The van der Waals surface area contributed by atoms with Crippen molar-refractivity contribution in [1.29, 1.82) is 0 Å². The fourth-order valence-electron chi connectivity index (χ4n) is 3.86. The molecule has 0 spiro atoms. The summed E-state index contributed by atoms with van der Waals surface area (Å²) in [6.07, 6.45) is 4.75. The van der Waals surface area contributed by atoms with Gasteiger partial charge < -0.3 is 9.64 Å². The van der Waals surface area contributed by atoms with Gasteiger partial charge in [-0.25, -0.2) is 27.9 Å². The molecule has 0 saturated carbocycles. The van der Waals surface area contributed by atoms with E-state index in [-0.39, 0.29) is 10.8 Å². The summed E-state index contributed by atoms with van der Waals surface area (Å²) in [4.78, 5) is 22.7. The molecule has 1 atom stereocenters. The van der Waals surface area contributed by atoms with Gasteiger partial charge in [-0.15, -0.1) is 0 Å². The van der Waals surface area contributed by atoms with Crippen molar-refractivity contribution in [3.63, 3.8) is 0 Å². The number of hydrogen-bond acceptors (Lipinski definition) is 7. The Morgan fingerprint density at radius 3 is 2.66 bits per heavy atom. The van der Waals surface area contributed by atoms with Gasteiger partial charge in [0.2, 0.25) is 16.0 Å². The number of sulfonamides is 1. The number of benzene rings is 2.